The molecule has 2 aromatic carbocycles. The lowest BCUT2D eigenvalue weighted by atomic mass is 10.1. The fourth-order valence-corrected chi connectivity index (χ4v) is 1.38. The molecule has 0 fully saturated rings. The lowest BCUT2D eigenvalue weighted by Crippen LogP contribution is -2.42. The molecule has 0 aliphatic heterocycles. The van der Waals surface area contributed by atoms with E-state index in [4.69, 9.17) is 0 Å². The van der Waals surface area contributed by atoms with E-state index in [0.29, 0.717) is 5.39 Å². The summed E-state index contributed by atoms with van der Waals surface area (Å²) in [6.45, 7) is 0.105. The molecule has 0 saturated heterocycles. The van der Waals surface area contributed by atoms with E-state index in [-0.39, 0.29) is 6.92 Å². The Morgan fingerprint density at radius 1 is 1.00 bits per heavy atom. The van der Waals surface area contributed by atoms with Crippen molar-refractivity contribution in [2.24, 2.45) is 0 Å². The number of ether oxygens (including phenoxy) is 1. The third-order valence-electron chi connectivity index (χ3n) is 2.38. The van der Waals surface area contributed by atoms with E-state index >= 15 is 0 Å². The molecule has 0 unspecified atom stereocenters. The Hall–Kier alpha value is -1.78. The molecule has 0 saturated carbocycles. The molecule has 0 atom stereocenters. The molecule has 0 amide bonds. The molecule has 0 N–H and O–H groups in total. The predicted molar refractivity (Wildman–Crippen MR) is 59.0 cm³/mol. The second-order valence-corrected chi connectivity index (χ2v) is 3.92. The molecule has 1 nitrogen and oxygen atoms in total. The van der Waals surface area contributed by atoms with Gasteiger partial charge in [0.1, 0.15) is 5.75 Å². The smallest absolute Gasteiger partial charge is 0.427 e. The Morgan fingerprint density at radius 3 is 2.33 bits per heavy atom. The minimum Gasteiger partial charge on any atom is -0.427 e. The fraction of sp³-hybridized carbons (Fsp3) is 0.231. The molecule has 18 heavy (non-hydrogen) atoms. The maximum Gasteiger partial charge on any atom is 0.463 e. The van der Waals surface area contributed by atoms with Crippen LogP contribution in [0.5, 0.6) is 5.75 Å². The van der Waals surface area contributed by atoms with E-state index < -0.39 is 17.8 Å². The molecule has 0 aliphatic rings. The quantitative estimate of drug-likeness (QED) is 0.746. The van der Waals surface area contributed by atoms with E-state index in [2.05, 4.69) is 10.8 Å². The molecule has 5 heteroatoms. The highest BCUT2D eigenvalue weighted by atomic mass is 19.3. The Bertz CT molecular complexity index is 560. The Kier molecular flexibility index (Phi) is 2.92. The number of halogens is 4. The van der Waals surface area contributed by atoms with E-state index in [1.165, 1.54) is 12.1 Å². The average Bonchev–Trinajstić information content (AvgIpc) is 2.27. The van der Waals surface area contributed by atoms with Crippen molar-refractivity contribution < 1.29 is 22.3 Å². The van der Waals surface area contributed by atoms with Crippen LogP contribution in [0.1, 0.15) is 6.92 Å². The lowest BCUT2D eigenvalue weighted by Gasteiger charge is -2.23. The van der Waals surface area contributed by atoms with Crippen LogP contribution in [0.15, 0.2) is 36.4 Å². The van der Waals surface area contributed by atoms with Crippen LogP contribution in [0.3, 0.4) is 0 Å². The van der Waals surface area contributed by atoms with E-state index in [1.807, 2.05) is 0 Å². The van der Waals surface area contributed by atoms with Gasteiger partial charge in [0, 0.05) is 13.0 Å². The summed E-state index contributed by atoms with van der Waals surface area (Å²) in [7, 11) is 0. The summed E-state index contributed by atoms with van der Waals surface area (Å²) in [4.78, 5) is 0. The van der Waals surface area contributed by atoms with Gasteiger partial charge in [-0.3, -0.25) is 0 Å². The summed E-state index contributed by atoms with van der Waals surface area (Å²) >= 11 is 0. The van der Waals surface area contributed by atoms with Gasteiger partial charge in [0.05, 0.1) is 0 Å². The average molecular weight is 257 g/mol. The maximum atomic E-state index is 13.0. The van der Waals surface area contributed by atoms with Crippen LogP contribution < -0.4 is 4.74 Å². The summed E-state index contributed by atoms with van der Waals surface area (Å²) in [5.41, 5.74) is 0. The normalized spacial score (nSPS) is 12.7. The minimum atomic E-state index is -4.56. The zero-order chi connectivity index (χ0) is 13.4. The van der Waals surface area contributed by atoms with Crippen molar-refractivity contribution >= 4 is 10.8 Å². The van der Waals surface area contributed by atoms with E-state index in [1.54, 1.807) is 24.3 Å². The Balaban J connectivity index is 2.33. The van der Waals surface area contributed by atoms with Gasteiger partial charge in [0.2, 0.25) is 0 Å². The molecule has 0 aliphatic carbocycles. The second kappa shape index (κ2) is 4.15. The van der Waals surface area contributed by atoms with Crippen molar-refractivity contribution in [3.63, 3.8) is 0 Å². The second-order valence-electron chi connectivity index (χ2n) is 3.92. The summed E-state index contributed by atoms with van der Waals surface area (Å²) in [5, 5.41) is 1.28. The first-order chi connectivity index (χ1) is 8.29. The van der Waals surface area contributed by atoms with Crippen LogP contribution in [-0.4, -0.2) is 12.0 Å². The summed E-state index contributed by atoms with van der Waals surface area (Å²) in [6.07, 6.45) is -4.56. The molecule has 1 radical (unpaired) electrons. The number of fused-ring (bicyclic) bond motifs is 1. The summed E-state index contributed by atoms with van der Waals surface area (Å²) in [5.74, 6) is -4.67. The highest BCUT2D eigenvalue weighted by molar-refractivity contribution is 5.83. The van der Waals surface area contributed by atoms with E-state index in [9.17, 15) is 17.6 Å². The van der Waals surface area contributed by atoms with Gasteiger partial charge in [-0.05, 0) is 16.8 Å². The summed E-state index contributed by atoms with van der Waals surface area (Å²) < 4.78 is 55.3. The topological polar surface area (TPSA) is 9.23 Å². The van der Waals surface area contributed by atoms with Crippen LogP contribution in [-0.2, 0) is 0 Å². The summed E-state index contributed by atoms with van der Waals surface area (Å²) in [6, 6.07) is 12.0. The van der Waals surface area contributed by atoms with Gasteiger partial charge in [-0.1, -0.05) is 30.3 Å². The van der Waals surface area contributed by atoms with Gasteiger partial charge in [0.15, 0.2) is 0 Å². The van der Waals surface area contributed by atoms with Crippen molar-refractivity contribution in [2.45, 2.75) is 19.0 Å². The molecule has 2 aromatic rings. The number of hydrogen-bond donors (Lipinski definition) is 0. The first-order valence-corrected chi connectivity index (χ1v) is 5.15. The zero-order valence-electron chi connectivity index (χ0n) is 9.38. The van der Waals surface area contributed by atoms with E-state index in [0.717, 1.165) is 5.39 Å². The van der Waals surface area contributed by atoms with Crippen molar-refractivity contribution in [1.82, 2.24) is 0 Å². The van der Waals surface area contributed by atoms with Crippen LogP contribution in [0.2, 0.25) is 0 Å². The molecular formula is C13H9F4O. The lowest BCUT2D eigenvalue weighted by molar-refractivity contribution is -0.301. The number of benzene rings is 2. The van der Waals surface area contributed by atoms with Crippen molar-refractivity contribution in [3.05, 3.63) is 42.5 Å². The molecule has 95 valence electrons. The largest absolute Gasteiger partial charge is 0.463 e. The SMILES string of the molecule is CC(F)(F)C(F)(F)Oc1[c]c2ccccc2cc1. The maximum absolute atomic E-state index is 13.0. The van der Waals surface area contributed by atoms with Gasteiger partial charge >= 0.3 is 12.0 Å². The first-order valence-electron chi connectivity index (χ1n) is 5.15. The van der Waals surface area contributed by atoms with Gasteiger partial charge in [0.25, 0.3) is 0 Å². The molecular weight excluding hydrogens is 248 g/mol. The van der Waals surface area contributed by atoms with Crippen molar-refractivity contribution in [3.8, 4) is 5.75 Å². The highest BCUT2D eigenvalue weighted by Gasteiger charge is 2.55. The molecule has 2 rings (SSSR count). The molecule has 0 aromatic heterocycles. The fourth-order valence-electron chi connectivity index (χ4n) is 1.38. The van der Waals surface area contributed by atoms with Crippen LogP contribution in [0.25, 0.3) is 10.8 Å². The molecule has 0 bridgehead atoms. The third-order valence-corrected chi connectivity index (χ3v) is 2.38. The van der Waals surface area contributed by atoms with Gasteiger partial charge in [-0.25, -0.2) is 0 Å². The van der Waals surface area contributed by atoms with Gasteiger partial charge < -0.3 is 4.74 Å². The van der Waals surface area contributed by atoms with Crippen molar-refractivity contribution in [1.29, 1.82) is 0 Å². The zero-order valence-corrected chi connectivity index (χ0v) is 9.38. The van der Waals surface area contributed by atoms with Crippen LogP contribution >= 0.6 is 0 Å². The van der Waals surface area contributed by atoms with Crippen LogP contribution in [0.4, 0.5) is 17.6 Å². The van der Waals surface area contributed by atoms with Gasteiger partial charge in [-0.2, -0.15) is 17.6 Å². The number of hydrogen-bond acceptors (Lipinski definition) is 1. The Labute approximate surface area is 101 Å². The third kappa shape index (κ3) is 2.39. The monoisotopic (exact) mass is 257 g/mol. The highest BCUT2D eigenvalue weighted by Crippen LogP contribution is 2.36. The van der Waals surface area contributed by atoms with Gasteiger partial charge in [-0.15, -0.1) is 0 Å². The standard InChI is InChI=1S/C13H9F4O/c1-12(14,15)13(16,17)18-11-7-6-9-4-2-3-5-10(9)8-11/h2-7H,1H3. The van der Waals surface area contributed by atoms with Crippen LogP contribution in [0, 0.1) is 6.07 Å². The number of alkyl halides is 4. The number of rotatable bonds is 3. The predicted octanol–water partition coefficient (Wildman–Crippen LogP) is 4.27. The Morgan fingerprint density at radius 2 is 1.67 bits per heavy atom. The molecule has 0 heterocycles. The first kappa shape index (κ1) is 12.7. The minimum absolute atomic E-state index is 0.105. The molecule has 0 spiro atoms. The van der Waals surface area contributed by atoms with Crippen molar-refractivity contribution in [2.75, 3.05) is 0 Å².